The molecule has 0 aromatic rings. The highest BCUT2D eigenvalue weighted by Crippen LogP contribution is 2.18. The summed E-state index contributed by atoms with van der Waals surface area (Å²) in [5.41, 5.74) is -0.668. The Labute approximate surface area is 159 Å². The summed E-state index contributed by atoms with van der Waals surface area (Å²) < 4.78 is 0. The number of aliphatic hydroxyl groups is 1. The molecule has 0 bridgehead atoms. The van der Waals surface area contributed by atoms with Gasteiger partial charge in [-0.05, 0) is 39.3 Å². The molecule has 1 saturated heterocycles. The van der Waals surface area contributed by atoms with Gasteiger partial charge in [-0.25, -0.2) is 0 Å². The summed E-state index contributed by atoms with van der Waals surface area (Å²) >= 11 is 0. The molecule has 138 valence electrons. The van der Waals surface area contributed by atoms with Gasteiger partial charge in [0.05, 0.1) is 12.1 Å². The molecule has 0 amide bonds. The molecule has 0 aromatic carbocycles. The number of hydrogen-bond acceptors (Lipinski definition) is 3. The van der Waals surface area contributed by atoms with Crippen LogP contribution in [0.15, 0.2) is 4.99 Å². The van der Waals surface area contributed by atoms with Crippen molar-refractivity contribution >= 4 is 29.9 Å². The number of nitrogens with zero attached hydrogens (tertiary/aromatic N) is 3. The number of nitrogens with one attached hydrogen (secondary N) is 1. The molecule has 0 radical (unpaired) electrons. The molecule has 1 atom stereocenters. The molecular formula is C17H37IN4O. The van der Waals surface area contributed by atoms with Crippen LogP contribution in [0.5, 0.6) is 0 Å². The van der Waals surface area contributed by atoms with E-state index in [1.165, 1.54) is 6.42 Å². The maximum Gasteiger partial charge on any atom is 0.194 e. The van der Waals surface area contributed by atoms with Gasteiger partial charge in [0.2, 0.25) is 0 Å². The van der Waals surface area contributed by atoms with E-state index in [0.717, 1.165) is 51.5 Å². The molecule has 5 nitrogen and oxygen atoms in total. The van der Waals surface area contributed by atoms with E-state index < -0.39 is 5.60 Å². The lowest BCUT2D eigenvalue weighted by atomic mass is 9.98. The Morgan fingerprint density at radius 1 is 1.22 bits per heavy atom. The molecule has 0 aliphatic carbocycles. The van der Waals surface area contributed by atoms with Crippen LogP contribution >= 0.6 is 24.0 Å². The molecule has 1 aliphatic heterocycles. The first-order chi connectivity index (χ1) is 10.5. The van der Waals surface area contributed by atoms with E-state index in [-0.39, 0.29) is 24.0 Å². The third-order valence-electron chi connectivity index (χ3n) is 4.97. The van der Waals surface area contributed by atoms with Gasteiger partial charge in [-0.1, -0.05) is 27.7 Å². The molecule has 2 N–H and O–H groups in total. The van der Waals surface area contributed by atoms with Crippen LogP contribution in [0.25, 0.3) is 0 Å². The Bertz CT molecular complexity index is 343. The van der Waals surface area contributed by atoms with Crippen LogP contribution < -0.4 is 5.32 Å². The quantitative estimate of drug-likeness (QED) is 0.346. The van der Waals surface area contributed by atoms with Crippen molar-refractivity contribution in [1.29, 1.82) is 0 Å². The Morgan fingerprint density at radius 3 is 2.30 bits per heavy atom. The first-order valence-electron chi connectivity index (χ1n) is 9.03. The van der Waals surface area contributed by atoms with Gasteiger partial charge < -0.3 is 15.3 Å². The molecule has 1 rings (SSSR count). The predicted octanol–water partition coefficient (Wildman–Crippen LogP) is 2.54. The number of hydrogen-bond donors (Lipinski definition) is 2. The maximum atomic E-state index is 10.4. The molecule has 23 heavy (non-hydrogen) atoms. The monoisotopic (exact) mass is 440 g/mol. The van der Waals surface area contributed by atoms with E-state index in [9.17, 15) is 5.11 Å². The molecule has 1 heterocycles. The van der Waals surface area contributed by atoms with Crippen molar-refractivity contribution in [1.82, 2.24) is 15.1 Å². The summed E-state index contributed by atoms with van der Waals surface area (Å²) in [4.78, 5) is 9.59. The fraction of sp³-hybridized carbons (Fsp3) is 0.941. The third-order valence-corrected chi connectivity index (χ3v) is 4.97. The number of likely N-dealkylation sites (N-methyl/N-ethyl adjacent to an activating group) is 1. The van der Waals surface area contributed by atoms with Crippen LogP contribution in [0.1, 0.15) is 53.9 Å². The number of halogens is 1. The fourth-order valence-electron chi connectivity index (χ4n) is 3.09. The van der Waals surface area contributed by atoms with Crippen molar-refractivity contribution in [2.45, 2.75) is 65.5 Å². The number of guanidine groups is 1. The van der Waals surface area contributed by atoms with Crippen LogP contribution in [-0.2, 0) is 0 Å². The lowest BCUT2D eigenvalue weighted by Gasteiger charge is -2.28. The first kappa shape index (κ1) is 22.9. The van der Waals surface area contributed by atoms with Crippen molar-refractivity contribution in [3.8, 4) is 0 Å². The summed E-state index contributed by atoms with van der Waals surface area (Å²) in [5.74, 6) is 0.956. The first-order valence-corrected chi connectivity index (χ1v) is 9.03. The van der Waals surface area contributed by atoms with Gasteiger partial charge in [0, 0.05) is 25.7 Å². The Hall–Kier alpha value is -0.0800. The molecule has 0 aromatic heterocycles. The summed E-state index contributed by atoms with van der Waals surface area (Å²) in [6.07, 6.45) is 2.68. The van der Waals surface area contributed by atoms with Crippen LogP contribution in [-0.4, -0.2) is 71.8 Å². The average Bonchev–Trinajstić information content (AvgIpc) is 3.02. The van der Waals surface area contributed by atoms with Gasteiger partial charge in [-0.15, -0.1) is 24.0 Å². The summed E-state index contributed by atoms with van der Waals surface area (Å²) in [7, 11) is 0. The van der Waals surface area contributed by atoms with Crippen LogP contribution in [0, 0.1) is 0 Å². The zero-order chi connectivity index (χ0) is 16.6. The Kier molecular flexibility index (Phi) is 11.4. The molecule has 1 aliphatic rings. The highest BCUT2D eigenvalue weighted by Gasteiger charge is 2.29. The normalized spacial score (nSPS) is 19.2. The van der Waals surface area contributed by atoms with Crippen molar-refractivity contribution in [3.63, 3.8) is 0 Å². The van der Waals surface area contributed by atoms with Gasteiger partial charge >= 0.3 is 0 Å². The Morgan fingerprint density at radius 2 is 1.83 bits per heavy atom. The van der Waals surface area contributed by atoms with Crippen LogP contribution in [0.3, 0.4) is 0 Å². The van der Waals surface area contributed by atoms with Gasteiger partial charge in [-0.2, -0.15) is 0 Å². The van der Waals surface area contributed by atoms with Gasteiger partial charge in [0.25, 0.3) is 0 Å². The summed E-state index contributed by atoms with van der Waals surface area (Å²) in [6, 6.07) is 0.620. The fourth-order valence-corrected chi connectivity index (χ4v) is 3.09. The topological polar surface area (TPSA) is 51.1 Å². The minimum absolute atomic E-state index is 0. The summed E-state index contributed by atoms with van der Waals surface area (Å²) in [5, 5.41) is 13.8. The SMILES string of the molecule is CCNC(=NCC(O)(CC)CC)N1CCC(N(CC)CC)C1.I. The standard InChI is InChI=1S/C17H36N4O.HI/c1-6-17(22,7-2)14-19-16(18-8-3)21-12-11-15(13-21)20(9-4)10-5;/h15,22H,6-14H2,1-5H3,(H,18,19);1H. The molecule has 0 saturated carbocycles. The average molecular weight is 440 g/mol. The summed E-state index contributed by atoms with van der Waals surface area (Å²) in [6.45, 7) is 16.2. The minimum Gasteiger partial charge on any atom is -0.388 e. The van der Waals surface area contributed by atoms with Crippen molar-refractivity contribution in [3.05, 3.63) is 0 Å². The lowest BCUT2D eigenvalue weighted by molar-refractivity contribution is 0.0416. The second kappa shape index (κ2) is 11.5. The van der Waals surface area contributed by atoms with Gasteiger partial charge in [0.1, 0.15) is 0 Å². The van der Waals surface area contributed by atoms with Crippen LogP contribution in [0.4, 0.5) is 0 Å². The zero-order valence-electron chi connectivity index (χ0n) is 15.6. The van der Waals surface area contributed by atoms with Crippen molar-refractivity contribution in [2.75, 3.05) is 39.3 Å². The number of aliphatic imine (C=N–C) groups is 1. The van der Waals surface area contributed by atoms with E-state index in [4.69, 9.17) is 4.99 Å². The highest BCUT2D eigenvalue weighted by molar-refractivity contribution is 14.0. The predicted molar refractivity (Wildman–Crippen MR) is 110 cm³/mol. The van der Waals surface area contributed by atoms with E-state index in [2.05, 4.69) is 35.9 Å². The van der Waals surface area contributed by atoms with Crippen molar-refractivity contribution in [2.24, 2.45) is 4.99 Å². The largest absolute Gasteiger partial charge is 0.388 e. The Balaban J connectivity index is 0.00000484. The molecule has 1 unspecified atom stereocenters. The van der Waals surface area contributed by atoms with E-state index in [0.29, 0.717) is 12.6 Å². The molecule has 6 heteroatoms. The second-order valence-electron chi connectivity index (χ2n) is 6.21. The maximum absolute atomic E-state index is 10.4. The van der Waals surface area contributed by atoms with Gasteiger partial charge in [0.15, 0.2) is 5.96 Å². The second-order valence-corrected chi connectivity index (χ2v) is 6.21. The van der Waals surface area contributed by atoms with Crippen molar-refractivity contribution < 1.29 is 5.11 Å². The lowest BCUT2D eigenvalue weighted by Crippen LogP contribution is -2.44. The number of likely N-dealkylation sites (tertiary alicyclic amines) is 1. The third kappa shape index (κ3) is 6.74. The van der Waals surface area contributed by atoms with E-state index >= 15 is 0 Å². The van der Waals surface area contributed by atoms with E-state index in [1.807, 2.05) is 13.8 Å². The van der Waals surface area contributed by atoms with Gasteiger partial charge in [-0.3, -0.25) is 9.89 Å². The highest BCUT2D eigenvalue weighted by atomic mass is 127. The zero-order valence-corrected chi connectivity index (χ0v) is 18.0. The molecule has 0 spiro atoms. The van der Waals surface area contributed by atoms with E-state index in [1.54, 1.807) is 0 Å². The minimum atomic E-state index is -0.668. The molecular weight excluding hydrogens is 403 g/mol. The smallest absolute Gasteiger partial charge is 0.194 e. The number of rotatable bonds is 8. The molecule has 1 fully saturated rings. The van der Waals surface area contributed by atoms with Crippen LogP contribution in [0.2, 0.25) is 0 Å².